The van der Waals surface area contributed by atoms with Crippen LogP contribution in [-0.4, -0.2) is 24.8 Å². The summed E-state index contributed by atoms with van der Waals surface area (Å²) in [7, 11) is 0. The van der Waals surface area contributed by atoms with E-state index in [0.29, 0.717) is 13.0 Å². The molecule has 4 rings (SSSR count). The number of hydrogen-bond acceptors (Lipinski definition) is 5. The minimum absolute atomic E-state index is 0.00205. The summed E-state index contributed by atoms with van der Waals surface area (Å²) < 4.78 is 17.7. The SMILES string of the molecule is CCOC(=O)C[C@H]1C[C@H]2C=C(C)C[C@@H]3Oc4ccccc4[C@H](O1)[C@]23C#N. The van der Waals surface area contributed by atoms with Crippen LogP contribution in [0.4, 0.5) is 0 Å². The number of rotatable bonds is 3. The van der Waals surface area contributed by atoms with Gasteiger partial charge in [-0.2, -0.15) is 5.26 Å². The fourth-order valence-corrected chi connectivity index (χ4v) is 4.70. The number of para-hydroxylation sites is 1. The van der Waals surface area contributed by atoms with Crippen LogP contribution < -0.4 is 4.74 Å². The normalized spacial score (nSPS) is 34.4. The molecule has 0 saturated carbocycles. The van der Waals surface area contributed by atoms with Crippen LogP contribution in [0.25, 0.3) is 0 Å². The molecular formula is C21H23NO4. The van der Waals surface area contributed by atoms with E-state index in [0.717, 1.165) is 17.7 Å². The van der Waals surface area contributed by atoms with E-state index in [9.17, 15) is 10.1 Å². The van der Waals surface area contributed by atoms with Gasteiger partial charge in [0.2, 0.25) is 0 Å². The Hall–Kier alpha value is -2.32. The minimum atomic E-state index is -0.751. The maximum atomic E-state index is 12.0. The molecule has 1 saturated heterocycles. The number of benzene rings is 1. The van der Waals surface area contributed by atoms with Crippen molar-refractivity contribution in [3.05, 3.63) is 41.5 Å². The highest BCUT2D eigenvalue weighted by Crippen LogP contribution is 2.60. The zero-order valence-corrected chi connectivity index (χ0v) is 15.1. The first-order valence-corrected chi connectivity index (χ1v) is 9.23. The first-order valence-electron chi connectivity index (χ1n) is 9.23. The van der Waals surface area contributed by atoms with Crippen LogP contribution in [0.15, 0.2) is 35.9 Å². The summed E-state index contributed by atoms with van der Waals surface area (Å²) in [6.45, 7) is 4.24. The largest absolute Gasteiger partial charge is 0.488 e. The monoisotopic (exact) mass is 353 g/mol. The van der Waals surface area contributed by atoms with Crippen LogP contribution in [0, 0.1) is 22.7 Å². The number of carbonyl (C=O) groups is 1. The Labute approximate surface area is 153 Å². The molecule has 0 radical (unpaired) electrons. The molecular weight excluding hydrogens is 330 g/mol. The van der Waals surface area contributed by atoms with Crippen molar-refractivity contribution in [2.75, 3.05) is 6.61 Å². The Morgan fingerprint density at radius 2 is 2.23 bits per heavy atom. The summed E-state index contributed by atoms with van der Waals surface area (Å²) in [5.74, 6) is 0.520. The first kappa shape index (κ1) is 17.1. The molecule has 1 aromatic rings. The molecule has 1 aliphatic carbocycles. The van der Waals surface area contributed by atoms with Gasteiger partial charge in [0.1, 0.15) is 23.4 Å². The molecule has 0 unspecified atom stereocenters. The number of allylic oxidation sites excluding steroid dienone is 1. The Bertz CT molecular complexity index is 795. The molecule has 1 fully saturated rings. The van der Waals surface area contributed by atoms with Crippen molar-refractivity contribution in [2.24, 2.45) is 11.3 Å². The number of hydrogen-bond donors (Lipinski definition) is 0. The third-order valence-electron chi connectivity index (χ3n) is 5.78. The van der Waals surface area contributed by atoms with Crippen LogP contribution in [0.3, 0.4) is 0 Å². The van der Waals surface area contributed by atoms with Gasteiger partial charge in [0.15, 0.2) is 0 Å². The predicted octanol–water partition coefficient (Wildman–Crippen LogP) is 3.71. The van der Waals surface area contributed by atoms with E-state index >= 15 is 0 Å². The summed E-state index contributed by atoms with van der Waals surface area (Å²) in [6, 6.07) is 10.3. The fourth-order valence-electron chi connectivity index (χ4n) is 4.70. The van der Waals surface area contributed by atoms with Crippen molar-refractivity contribution in [3.63, 3.8) is 0 Å². The topological polar surface area (TPSA) is 68.6 Å². The number of esters is 1. The second-order valence-electron chi connectivity index (χ2n) is 7.40. The quantitative estimate of drug-likeness (QED) is 0.612. The number of ether oxygens (including phenoxy) is 3. The number of carbonyl (C=O) groups excluding carboxylic acids is 1. The Morgan fingerprint density at radius 3 is 3.00 bits per heavy atom. The summed E-state index contributed by atoms with van der Waals surface area (Å²) in [5, 5.41) is 10.2. The molecule has 136 valence electrons. The van der Waals surface area contributed by atoms with E-state index in [4.69, 9.17) is 14.2 Å². The molecule has 5 atom stereocenters. The lowest BCUT2D eigenvalue weighted by atomic mass is 9.58. The maximum Gasteiger partial charge on any atom is 0.308 e. The molecule has 26 heavy (non-hydrogen) atoms. The van der Waals surface area contributed by atoms with Crippen LogP contribution in [-0.2, 0) is 14.3 Å². The standard InChI is InChI=1S/C21H23NO4/c1-3-24-19(23)11-15-10-14-8-13(2)9-18-21(14,12-22)20(25-15)16-6-4-5-7-17(16)26-18/h4-8,14-15,18,20H,3,9-11H2,1-2H3/t14-,15-,18+,20+,21-/m1/s1. The Kier molecular flexibility index (Phi) is 4.24. The molecule has 0 aromatic heterocycles. The lowest BCUT2D eigenvalue weighted by molar-refractivity contribution is -0.186. The average Bonchev–Trinajstić information content (AvgIpc) is 2.61. The van der Waals surface area contributed by atoms with Crippen LogP contribution >= 0.6 is 0 Å². The molecule has 0 N–H and O–H groups in total. The van der Waals surface area contributed by atoms with Crippen molar-refractivity contribution < 1.29 is 19.0 Å². The van der Waals surface area contributed by atoms with E-state index in [1.54, 1.807) is 6.92 Å². The third-order valence-corrected chi connectivity index (χ3v) is 5.78. The molecule has 1 aromatic carbocycles. The van der Waals surface area contributed by atoms with Gasteiger partial charge < -0.3 is 14.2 Å². The van der Waals surface area contributed by atoms with Crippen molar-refractivity contribution in [1.82, 2.24) is 0 Å². The summed E-state index contributed by atoms with van der Waals surface area (Å²) in [6.07, 6.45) is 2.85. The Morgan fingerprint density at radius 1 is 1.42 bits per heavy atom. The molecule has 3 aliphatic rings. The average molecular weight is 353 g/mol. The lowest BCUT2D eigenvalue weighted by Crippen LogP contribution is -2.57. The molecule has 0 amide bonds. The molecule has 2 heterocycles. The molecule has 2 aliphatic heterocycles. The van der Waals surface area contributed by atoms with Gasteiger partial charge in [-0.25, -0.2) is 0 Å². The van der Waals surface area contributed by atoms with Gasteiger partial charge in [-0.05, 0) is 26.3 Å². The van der Waals surface area contributed by atoms with Crippen molar-refractivity contribution in [3.8, 4) is 11.8 Å². The van der Waals surface area contributed by atoms with Gasteiger partial charge in [-0.3, -0.25) is 4.79 Å². The third kappa shape index (κ3) is 2.52. The number of nitrogens with zero attached hydrogens (tertiary/aromatic N) is 1. The van der Waals surface area contributed by atoms with Gasteiger partial charge >= 0.3 is 5.97 Å². The van der Waals surface area contributed by atoms with Crippen LogP contribution in [0.5, 0.6) is 5.75 Å². The van der Waals surface area contributed by atoms with Crippen molar-refractivity contribution in [2.45, 2.75) is 51.4 Å². The van der Waals surface area contributed by atoms with Crippen LogP contribution in [0.2, 0.25) is 0 Å². The lowest BCUT2D eigenvalue weighted by Gasteiger charge is -2.54. The van der Waals surface area contributed by atoms with E-state index in [1.165, 1.54) is 5.57 Å². The second kappa shape index (κ2) is 6.44. The second-order valence-corrected chi connectivity index (χ2v) is 7.40. The molecule has 5 nitrogen and oxygen atoms in total. The molecule has 5 heteroatoms. The summed E-state index contributed by atoms with van der Waals surface area (Å²) in [4.78, 5) is 12.0. The number of fused-ring (bicyclic) bond motifs is 2. The first-order chi connectivity index (χ1) is 12.6. The zero-order valence-electron chi connectivity index (χ0n) is 15.1. The predicted molar refractivity (Wildman–Crippen MR) is 94.2 cm³/mol. The highest BCUT2D eigenvalue weighted by atomic mass is 16.5. The molecule has 0 bridgehead atoms. The van der Waals surface area contributed by atoms with Crippen molar-refractivity contribution in [1.29, 1.82) is 5.26 Å². The van der Waals surface area contributed by atoms with Gasteiger partial charge in [0, 0.05) is 17.9 Å². The van der Waals surface area contributed by atoms with Gasteiger partial charge in [-0.1, -0.05) is 29.8 Å². The molecule has 0 spiro atoms. The van der Waals surface area contributed by atoms with Gasteiger partial charge in [0.25, 0.3) is 0 Å². The maximum absolute atomic E-state index is 12.0. The Balaban J connectivity index is 1.76. The van der Waals surface area contributed by atoms with Crippen LogP contribution in [0.1, 0.15) is 44.8 Å². The minimum Gasteiger partial charge on any atom is -0.488 e. The summed E-state index contributed by atoms with van der Waals surface area (Å²) >= 11 is 0. The van der Waals surface area contributed by atoms with E-state index in [1.807, 2.05) is 24.3 Å². The smallest absolute Gasteiger partial charge is 0.308 e. The van der Waals surface area contributed by atoms with E-state index < -0.39 is 11.5 Å². The highest BCUT2D eigenvalue weighted by Gasteiger charge is 2.61. The van der Waals surface area contributed by atoms with Gasteiger partial charge in [0.05, 0.1) is 25.2 Å². The zero-order chi connectivity index (χ0) is 18.3. The van der Waals surface area contributed by atoms with Gasteiger partial charge in [-0.15, -0.1) is 0 Å². The number of nitriles is 1. The van der Waals surface area contributed by atoms with Crippen molar-refractivity contribution >= 4 is 5.97 Å². The fraction of sp³-hybridized carbons (Fsp3) is 0.524. The van der Waals surface area contributed by atoms with E-state index in [2.05, 4.69) is 19.1 Å². The highest BCUT2D eigenvalue weighted by molar-refractivity contribution is 5.70. The summed E-state index contributed by atoms with van der Waals surface area (Å²) in [5.41, 5.74) is 1.37. The van der Waals surface area contributed by atoms with E-state index in [-0.39, 0.29) is 30.5 Å².